The van der Waals surface area contributed by atoms with Crippen LogP contribution < -0.4 is 5.32 Å². The van der Waals surface area contributed by atoms with E-state index in [4.69, 9.17) is 0 Å². The number of rotatable bonds is 3. The van der Waals surface area contributed by atoms with Gasteiger partial charge in [0, 0.05) is 28.4 Å². The van der Waals surface area contributed by atoms with Crippen molar-refractivity contribution < 1.29 is 13.6 Å². The third-order valence-corrected chi connectivity index (χ3v) is 5.15. The van der Waals surface area contributed by atoms with E-state index < -0.39 is 11.6 Å². The second-order valence-corrected chi connectivity index (χ2v) is 7.04. The molecule has 0 saturated heterocycles. The molecule has 5 rings (SSSR count). The van der Waals surface area contributed by atoms with Gasteiger partial charge in [-0.1, -0.05) is 0 Å². The number of anilines is 1. The van der Waals surface area contributed by atoms with Crippen LogP contribution in [0, 0.1) is 18.6 Å². The Kier molecular flexibility index (Phi) is 3.90. The molecule has 0 radical (unpaired) electrons. The van der Waals surface area contributed by atoms with Gasteiger partial charge in [0.05, 0.1) is 17.6 Å². The minimum atomic E-state index is -0.953. The number of halogens is 2. The first-order chi connectivity index (χ1) is 14.0. The van der Waals surface area contributed by atoms with Crippen LogP contribution in [0.3, 0.4) is 0 Å². The molecule has 1 aliphatic carbocycles. The van der Waals surface area contributed by atoms with E-state index in [1.54, 1.807) is 6.07 Å². The summed E-state index contributed by atoms with van der Waals surface area (Å²) in [4.78, 5) is 17.2. The van der Waals surface area contributed by atoms with Crippen molar-refractivity contribution in [1.29, 1.82) is 0 Å². The summed E-state index contributed by atoms with van der Waals surface area (Å²) in [5, 5.41) is 15.0. The van der Waals surface area contributed by atoms with Crippen molar-refractivity contribution in [2.75, 3.05) is 5.32 Å². The minimum Gasteiger partial charge on any atom is -0.319 e. The van der Waals surface area contributed by atoms with Gasteiger partial charge in [0.15, 0.2) is 23.0 Å². The summed E-state index contributed by atoms with van der Waals surface area (Å²) in [6.07, 6.45) is 3.84. The van der Waals surface area contributed by atoms with Crippen LogP contribution in [0.1, 0.15) is 33.9 Å². The largest absolute Gasteiger partial charge is 0.319 e. The molecule has 3 aromatic heterocycles. The molecule has 0 atom stereocenters. The van der Waals surface area contributed by atoms with Gasteiger partial charge < -0.3 is 5.32 Å². The van der Waals surface area contributed by atoms with Gasteiger partial charge in [0.25, 0.3) is 5.91 Å². The molecule has 0 spiro atoms. The first-order valence-electron chi connectivity index (χ1n) is 9.19. The molecule has 7 nitrogen and oxygen atoms in total. The van der Waals surface area contributed by atoms with E-state index in [9.17, 15) is 13.6 Å². The van der Waals surface area contributed by atoms with Gasteiger partial charge in [-0.25, -0.2) is 18.4 Å². The maximum absolute atomic E-state index is 13.7. The van der Waals surface area contributed by atoms with E-state index in [2.05, 4.69) is 25.6 Å². The number of aromatic nitrogens is 5. The Labute approximate surface area is 163 Å². The number of pyridine rings is 1. The number of amides is 1. The van der Waals surface area contributed by atoms with E-state index in [1.807, 2.05) is 6.92 Å². The summed E-state index contributed by atoms with van der Waals surface area (Å²) in [6.45, 7) is 1.87. The second-order valence-electron chi connectivity index (χ2n) is 7.04. The highest BCUT2D eigenvalue weighted by atomic mass is 19.2. The molecule has 1 aliphatic rings. The van der Waals surface area contributed by atoms with Gasteiger partial charge in [0.2, 0.25) is 0 Å². The molecule has 0 fully saturated rings. The van der Waals surface area contributed by atoms with Crippen molar-refractivity contribution in [3.63, 3.8) is 0 Å². The highest BCUT2D eigenvalue weighted by Gasteiger charge is 2.27. The number of hydrogen-bond acceptors (Lipinski definition) is 4. The maximum atomic E-state index is 13.7. The van der Waals surface area contributed by atoms with Crippen LogP contribution in [-0.2, 0) is 12.8 Å². The lowest BCUT2D eigenvalue weighted by atomic mass is 10.2. The number of nitrogens with zero attached hydrogens (tertiary/aromatic N) is 4. The van der Waals surface area contributed by atoms with Crippen LogP contribution >= 0.6 is 0 Å². The quantitative estimate of drug-likeness (QED) is 0.557. The van der Waals surface area contributed by atoms with Crippen molar-refractivity contribution in [3.05, 3.63) is 64.7 Å². The van der Waals surface area contributed by atoms with Gasteiger partial charge in [-0.05, 0) is 44.4 Å². The fraction of sp³-hybridized carbons (Fsp3) is 0.200. The molecule has 1 amide bonds. The molecule has 2 N–H and O–H groups in total. The van der Waals surface area contributed by atoms with Gasteiger partial charge in [-0.3, -0.25) is 9.89 Å². The van der Waals surface area contributed by atoms with E-state index in [1.165, 1.54) is 16.9 Å². The van der Waals surface area contributed by atoms with Gasteiger partial charge in [-0.15, -0.1) is 0 Å². The summed E-state index contributed by atoms with van der Waals surface area (Å²) in [5.41, 5.74) is 4.31. The van der Waals surface area contributed by atoms with E-state index in [-0.39, 0.29) is 11.6 Å². The Morgan fingerprint density at radius 2 is 2.07 bits per heavy atom. The average Bonchev–Trinajstić information content (AvgIpc) is 3.40. The SMILES string of the molecule is Cc1[nH]nc2ncc(NC(=O)c3nn(-c4ccc(F)c(F)c4)c4c3CCC4)cc12. The molecular weight excluding hydrogens is 378 g/mol. The molecule has 0 unspecified atom stereocenters. The molecule has 3 heterocycles. The van der Waals surface area contributed by atoms with Gasteiger partial charge in [-0.2, -0.15) is 10.2 Å². The maximum Gasteiger partial charge on any atom is 0.276 e. The number of H-pyrrole nitrogens is 1. The number of aromatic amines is 1. The first kappa shape index (κ1) is 17.5. The normalized spacial score (nSPS) is 13.1. The van der Waals surface area contributed by atoms with Crippen LogP contribution in [0.5, 0.6) is 0 Å². The van der Waals surface area contributed by atoms with Crippen molar-refractivity contribution >= 4 is 22.6 Å². The molecule has 29 heavy (non-hydrogen) atoms. The van der Waals surface area contributed by atoms with Crippen molar-refractivity contribution in [2.24, 2.45) is 0 Å². The number of aryl methyl sites for hydroxylation is 1. The lowest BCUT2D eigenvalue weighted by Gasteiger charge is -2.06. The Morgan fingerprint density at radius 1 is 1.21 bits per heavy atom. The van der Waals surface area contributed by atoms with E-state index >= 15 is 0 Å². The molecule has 0 saturated carbocycles. The van der Waals surface area contributed by atoms with Crippen LogP contribution in [-0.4, -0.2) is 30.9 Å². The Bertz CT molecular complexity index is 1280. The van der Waals surface area contributed by atoms with Crippen LogP contribution in [0.15, 0.2) is 30.5 Å². The van der Waals surface area contributed by atoms with E-state index in [0.717, 1.165) is 47.3 Å². The molecule has 4 aromatic rings. The Balaban J connectivity index is 1.51. The predicted octanol–water partition coefficient (Wildman–Crippen LogP) is 3.47. The fourth-order valence-corrected chi connectivity index (χ4v) is 3.73. The first-order valence-corrected chi connectivity index (χ1v) is 9.19. The summed E-state index contributed by atoms with van der Waals surface area (Å²) in [7, 11) is 0. The zero-order valence-corrected chi connectivity index (χ0v) is 15.5. The van der Waals surface area contributed by atoms with Gasteiger partial charge in [0.1, 0.15) is 0 Å². The fourth-order valence-electron chi connectivity index (χ4n) is 3.73. The van der Waals surface area contributed by atoms with Crippen LogP contribution in [0.25, 0.3) is 16.7 Å². The molecule has 9 heteroatoms. The Morgan fingerprint density at radius 3 is 2.90 bits per heavy atom. The average molecular weight is 394 g/mol. The lowest BCUT2D eigenvalue weighted by Crippen LogP contribution is -2.15. The third kappa shape index (κ3) is 2.86. The summed E-state index contributed by atoms with van der Waals surface area (Å²) in [5.74, 6) is -2.25. The lowest BCUT2D eigenvalue weighted by molar-refractivity contribution is 0.102. The molecule has 0 aliphatic heterocycles. The number of carbonyl (C=O) groups is 1. The third-order valence-electron chi connectivity index (χ3n) is 5.15. The van der Waals surface area contributed by atoms with Gasteiger partial charge >= 0.3 is 0 Å². The molecule has 1 aromatic carbocycles. The summed E-state index contributed by atoms with van der Waals surface area (Å²) < 4.78 is 28.5. The highest BCUT2D eigenvalue weighted by Crippen LogP contribution is 2.29. The number of benzene rings is 1. The molecule has 146 valence electrons. The predicted molar refractivity (Wildman–Crippen MR) is 102 cm³/mol. The zero-order valence-electron chi connectivity index (χ0n) is 15.5. The number of carbonyl (C=O) groups excluding carboxylic acids is 1. The zero-order chi connectivity index (χ0) is 20.1. The highest BCUT2D eigenvalue weighted by molar-refractivity contribution is 6.04. The number of hydrogen-bond donors (Lipinski definition) is 2. The molecule has 0 bridgehead atoms. The minimum absolute atomic E-state index is 0.284. The van der Waals surface area contributed by atoms with Crippen molar-refractivity contribution in [3.8, 4) is 5.69 Å². The number of nitrogens with one attached hydrogen (secondary N) is 2. The second kappa shape index (κ2) is 6.47. The topological polar surface area (TPSA) is 88.5 Å². The van der Waals surface area contributed by atoms with Crippen LogP contribution in [0.2, 0.25) is 0 Å². The smallest absolute Gasteiger partial charge is 0.276 e. The summed E-state index contributed by atoms with van der Waals surface area (Å²) >= 11 is 0. The monoisotopic (exact) mass is 394 g/mol. The Hall–Kier alpha value is -3.62. The van der Waals surface area contributed by atoms with Crippen molar-refractivity contribution in [2.45, 2.75) is 26.2 Å². The number of fused-ring (bicyclic) bond motifs is 2. The van der Waals surface area contributed by atoms with Crippen molar-refractivity contribution in [1.82, 2.24) is 25.0 Å². The summed E-state index contributed by atoms with van der Waals surface area (Å²) in [6, 6.07) is 5.39. The molecular formula is C20H16F2N6O. The van der Waals surface area contributed by atoms with E-state index in [0.29, 0.717) is 23.4 Å². The standard InChI is InChI=1S/C20H16F2N6O/c1-10-14-7-11(9-23-19(14)26-25-10)24-20(29)18-13-3-2-4-17(13)28(27-18)12-5-6-15(21)16(22)8-12/h5-9H,2-4H2,1H3,(H,24,29)(H,23,25,26). The van der Waals surface area contributed by atoms with Crippen LogP contribution in [0.4, 0.5) is 14.5 Å².